The SMILES string of the molecule is NN=C(N)C(=NN)SCc1ccc([NH+]([O-])O)cc1. The molecule has 1 aromatic rings. The molecular formula is C9H14N6O2S. The number of nitrogens with two attached hydrogens (primary N) is 3. The Hall–Kier alpha value is -1.81. The number of benzene rings is 1. The van der Waals surface area contributed by atoms with Gasteiger partial charge in [-0.05, 0) is 5.56 Å². The molecule has 0 spiro atoms. The molecule has 1 unspecified atom stereocenters. The summed E-state index contributed by atoms with van der Waals surface area (Å²) in [5, 5.41) is 25.6. The average molecular weight is 270 g/mol. The van der Waals surface area contributed by atoms with Gasteiger partial charge in [0.15, 0.2) is 16.6 Å². The maximum atomic E-state index is 10.7. The first kappa shape index (κ1) is 14.3. The van der Waals surface area contributed by atoms with Gasteiger partial charge in [-0.15, -0.1) is 0 Å². The maximum absolute atomic E-state index is 10.7. The van der Waals surface area contributed by atoms with E-state index in [4.69, 9.17) is 22.6 Å². The molecule has 1 rings (SSSR count). The molecule has 0 saturated heterocycles. The van der Waals surface area contributed by atoms with Crippen LogP contribution in [-0.4, -0.2) is 16.1 Å². The van der Waals surface area contributed by atoms with Crippen LogP contribution in [0.3, 0.4) is 0 Å². The van der Waals surface area contributed by atoms with Crippen LogP contribution >= 0.6 is 11.8 Å². The number of rotatable bonds is 3. The van der Waals surface area contributed by atoms with Crippen molar-refractivity contribution < 1.29 is 10.4 Å². The van der Waals surface area contributed by atoms with E-state index in [1.807, 2.05) is 0 Å². The minimum Gasteiger partial charge on any atom is -0.595 e. The first-order valence-electron chi connectivity index (χ1n) is 4.85. The number of hydrazone groups is 2. The van der Waals surface area contributed by atoms with Gasteiger partial charge >= 0.3 is 0 Å². The summed E-state index contributed by atoms with van der Waals surface area (Å²) in [5.41, 5.74) is 6.62. The summed E-state index contributed by atoms with van der Waals surface area (Å²) < 4.78 is 0. The van der Waals surface area contributed by atoms with Crippen LogP contribution in [0, 0.1) is 5.21 Å². The zero-order valence-electron chi connectivity index (χ0n) is 9.41. The van der Waals surface area contributed by atoms with E-state index in [2.05, 4.69) is 10.2 Å². The highest BCUT2D eigenvalue weighted by Crippen LogP contribution is 2.15. The number of hydrogen-bond donors (Lipinski definition) is 5. The number of thioether (sulfide) groups is 1. The molecule has 8 nitrogen and oxygen atoms in total. The van der Waals surface area contributed by atoms with Gasteiger partial charge in [-0.25, -0.2) is 5.21 Å². The fourth-order valence-electron chi connectivity index (χ4n) is 1.13. The Balaban J connectivity index is 2.64. The molecule has 0 radical (unpaired) electrons. The lowest BCUT2D eigenvalue weighted by atomic mass is 10.2. The van der Waals surface area contributed by atoms with Gasteiger partial charge < -0.3 is 22.6 Å². The van der Waals surface area contributed by atoms with Crippen LogP contribution in [0.2, 0.25) is 0 Å². The fourth-order valence-corrected chi connectivity index (χ4v) is 1.90. The molecule has 9 heteroatoms. The summed E-state index contributed by atoms with van der Waals surface area (Å²) in [4.78, 5) is 0. The van der Waals surface area contributed by atoms with Crippen molar-refractivity contribution in [3.63, 3.8) is 0 Å². The van der Waals surface area contributed by atoms with Crippen molar-refractivity contribution in [1.29, 1.82) is 0 Å². The standard InChI is InChI=1S/C9H14N6O2S/c10-8(13-11)9(14-12)18-5-6-1-3-7(4-2-6)15(16)17/h1-4,15-16H,5,11-12H2,(H2,10,13). The number of quaternary nitrogens is 1. The first-order chi connectivity index (χ1) is 8.58. The molecule has 0 aliphatic rings. The Kier molecular flexibility index (Phi) is 5.39. The lowest BCUT2D eigenvalue weighted by Crippen LogP contribution is -2.99. The molecule has 0 aliphatic heterocycles. The van der Waals surface area contributed by atoms with Gasteiger partial charge in [0.05, 0.1) is 0 Å². The van der Waals surface area contributed by atoms with Crippen molar-refractivity contribution in [3.8, 4) is 0 Å². The first-order valence-corrected chi connectivity index (χ1v) is 5.83. The summed E-state index contributed by atoms with van der Waals surface area (Å²) in [5.74, 6) is 10.8. The summed E-state index contributed by atoms with van der Waals surface area (Å²) >= 11 is 1.26. The van der Waals surface area contributed by atoms with Crippen LogP contribution < -0.4 is 22.6 Å². The van der Waals surface area contributed by atoms with E-state index in [1.165, 1.54) is 23.9 Å². The van der Waals surface area contributed by atoms with Gasteiger partial charge in [-0.1, -0.05) is 23.9 Å². The molecule has 18 heavy (non-hydrogen) atoms. The highest BCUT2D eigenvalue weighted by Gasteiger charge is 2.07. The number of nitrogens with one attached hydrogen (secondary N) is 1. The molecule has 0 heterocycles. The molecule has 8 N–H and O–H groups in total. The van der Waals surface area contributed by atoms with Crippen LogP contribution in [0.15, 0.2) is 34.5 Å². The molecule has 0 fully saturated rings. The Labute approximate surface area is 108 Å². The van der Waals surface area contributed by atoms with Crippen LogP contribution in [0.4, 0.5) is 5.69 Å². The van der Waals surface area contributed by atoms with Gasteiger partial charge in [0.1, 0.15) is 0 Å². The zero-order valence-corrected chi connectivity index (χ0v) is 10.2. The predicted octanol–water partition coefficient (Wildman–Crippen LogP) is -1.17. The molecule has 0 amide bonds. The maximum Gasteiger partial charge on any atom is 0.177 e. The Bertz CT molecular complexity index is 445. The predicted molar refractivity (Wildman–Crippen MR) is 70.9 cm³/mol. The third-order valence-corrected chi connectivity index (χ3v) is 3.12. The van der Waals surface area contributed by atoms with E-state index in [-0.39, 0.29) is 11.5 Å². The van der Waals surface area contributed by atoms with Crippen LogP contribution in [0.25, 0.3) is 0 Å². The monoisotopic (exact) mass is 270 g/mol. The van der Waals surface area contributed by atoms with E-state index in [0.717, 1.165) is 5.56 Å². The zero-order chi connectivity index (χ0) is 13.5. The van der Waals surface area contributed by atoms with Crippen LogP contribution in [0.5, 0.6) is 0 Å². The van der Waals surface area contributed by atoms with Crippen molar-refractivity contribution in [2.24, 2.45) is 27.6 Å². The molecule has 1 aromatic carbocycles. The van der Waals surface area contributed by atoms with Gasteiger partial charge in [0, 0.05) is 17.9 Å². The second kappa shape index (κ2) is 6.81. The van der Waals surface area contributed by atoms with Crippen molar-refractivity contribution in [2.75, 3.05) is 0 Å². The summed E-state index contributed by atoms with van der Waals surface area (Å²) in [6, 6.07) is 6.47. The average Bonchev–Trinajstić information content (AvgIpc) is 2.39. The molecule has 0 aliphatic carbocycles. The van der Waals surface area contributed by atoms with Crippen LogP contribution in [0.1, 0.15) is 5.56 Å². The van der Waals surface area contributed by atoms with Gasteiger partial charge in [0.2, 0.25) is 0 Å². The van der Waals surface area contributed by atoms with Crippen molar-refractivity contribution in [3.05, 3.63) is 35.0 Å². The van der Waals surface area contributed by atoms with Gasteiger partial charge in [-0.2, -0.15) is 15.4 Å². The number of hydrogen-bond acceptors (Lipinski definition) is 7. The van der Waals surface area contributed by atoms with Gasteiger partial charge in [0.25, 0.3) is 0 Å². The summed E-state index contributed by atoms with van der Waals surface area (Å²) in [7, 11) is 0. The van der Waals surface area contributed by atoms with E-state index in [1.54, 1.807) is 12.1 Å². The molecule has 0 saturated carbocycles. The molecule has 0 aromatic heterocycles. The second-order valence-corrected chi connectivity index (χ2v) is 4.20. The normalized spacial score (nSPS) is 14.6. The lowest BCUT2D eigenvalue weighted by Gasteiger charge is -2.11. The Morgan fingerprint density at radius 2 is 1.89 bits per heavy atom. The Morgan fingerprint density at radius 3 is 2.33 bits per heavy atom. The fraction of sp³-hybridized carbons (Fsp3) is 0.111. The van der Waals surface area contributed by atoms with Gasteiger partial charge in [-0.3, -0.25) is 0 Å². The minimum atomic E-state index is -0.960. The number of amidine groups is 1. The third-order valence-electron chi connectivity index (χ3n) is 2.05. The number of nitrogens with zero attached hydrogens (tertiary/aromatic N) is 2. The van der Waals surface area contributed by atoms with Crippen molar-refractivity contribution in [1.82, 2.24) is 0 Å². The van der Waals surface area contributed by atoms with Crippen molar-refractivity contribution >= 4 is 28.3 Å². The summed E-state index contributed by atoms with van der Waals surface area (Å²) in [6.07, 6.45) is 0. The third kappa shape index (κ3) is 3.89. The van der Waals surface area contributed by atoms with Crippen molar-refractivity contribution in [2.45, 2.75) is 5.75 Å². The molecular weight excluding hydrogens is 256 g/mol. The van der Waals surface area contributed by atoms with E-state index >= 15 is 0 Å². The highest BCUT2D eigenvalue weighted by molar-refractivity contribution is 8.15. The van der Waals surface area contributed by atoms with E-state index in [9.17, 15) is 5.21 Å². The van der Waals surface area contributed by atoms with E-state index < -0.39 is 5.23 Å². The van der Waals surface area contributed by atoms with Crippen LogP contribution in [-0.2, 0) is 5.75 Å². The molecule has 0 bridgehead atoms. The molecule has 1 atom stereocenters. The molecule has 98 valence electrons. The smallest absolute Gasteiger partial charge is 0.177 e. The Morgan fingerprint density at radius 1 is 1.28 bits per heavy atom. The second-order valence-electron chi connectivity index (χ2n) is 3.24. The highest BCUT2D eigenvalue weighted by atomic mass is 32.2. The quantitative estimate of drug-likeness (QED) is 0.202. The topological polar surface area (TPSA) is 151 Å². The minimum absolute atomic E-state index is 0.0599. The largest absolute Gasteiger partial charge is 0.595 e. The lowest BCUT2D eigenvalue weighted by molar-refractivity contribution is -0.991. The van der Waals surface area contributed by atoms with E-state index in [0.29, 0.717) is 10.8 Å². The summed E-state index contributed by atoms with van der Waals surface area (Å²) in [6.45, 7) is 0.